The molecular weight excluding hydrogens is 280 g/mol. The maximum absolute atomic E-state index is 11.2. The number of aliphatic hydroxyl groups excluding tert-OH is 1. The fourth-order valence-corrected chi connectivity index (χ4v) is 1.11. The summed E-state index contributed by atoms with van der Waals surface area (Å²) in [6.45, 7) is 7.97. The Balaban J connectivity index is 3.84. The first-order valence-electron chi connectivity index (χ1n) is 6.37. The number of aliphatic hydroxyl groups is 1. The molecule has 0 aromatic carbocycles. The van der Waals surface area contributed by atoms with Crippen LogP contribution in [0.25, 0.3) is 0 Å². The molecule has 120 valence electrons. The highest BCUT2D eigenvalue weighted by Gasteiger charge is 2.12. The van der Waals surface area contributed by atoms with Gasteiger partial charge in [0.25, 0.3) is 0 Å². The smallest absolute Gasteiger partial charge is 0.246 e. The Kier molecular flexibility index (Phi) is 12.2. The van der Waals surface area contributed by atoms with Crippen LogP contribution in [0.1, 0.15) is 0 Å². The van der Waals surface area contributed by atoms with E-state index in [0.717, 1.165) is 12.2 Å². The summed E-state index contributed by atoms with van der Waals surface area (Å²) in [6.07, 6.45) is 1.13. The van der Waals surface area contributed by atoms with Gasteiger partial charge in [-0.15, -0.1) is 0 Å². The number of hydrogen-bond donors (Lipinski definition) is 3. The Labute approximate surface area is 123 Å². The zero-order chi connectivity index (χ0) is 15.9. The maximum Gasteiger partial charge on any atom is 0.246 e. The van der Waals surface area contributed by atoms with Gasteiger partial charge in [0.15, 0.2) is 0 Å². The van der Waals surface area contributed by atoms with Crippen LogP contribution in [-0.2, 0) is 23.8 Å². The third-order valence-electron chi connectivity index (χ3n) is 2.04. The molecule has 0 aromatic rings. The van der Waals surface area contributed by atoms with Crippen LogP contribution in [0.5, 0.6) is 0 Å². The van der Waals surface area contributed by atoms with Crippen molar-refractivity contribution in [3.05, 3.63) is 25.3 Å². The third kappa shape index (κ3) is 11.8. The summed E-state index contributed by atoms with van der Waals surface area (Å²) in [4.78, 5) is 22.3. The minimum atomic E-state index is -0.991. The van der Waals surface area contributed by atoms with Gasteiger partial charge in [0, 0.05) is 0 Å². The van der Waals surface area contributed by atoms with Crippen LogP contribution in [-0.4, -0.2) is 62.9 Å². The molecule has 0 heterocycles. The normalized spacial score (nSPS) is 10.2. The number of ether oxygens (including phenoxy) is 3. The molecule has 0 aliphatic heterocycles. The second-order valence-corrected chi connectivity index (χ2v) is 3.62. The molecule has 0 spiro atoms. The molecule has 21 heavy (non-hydrogen) atoms. The van der Waals surface area contributed by atoms with E-state index in [1.54, 1.807) is 0 Å². The highest BCUT2D eigenvalue weighted by molar-refractivity contribution is 5.89. The van der Waals surface area contributed by atoms with Gasteiger partial charge in [-0.25, -0.2) is 0 Å². The van der Waals surface area contributed by atoms with Gasteiger partial charge in [-0.05, 0) is 12.2 Å². The van der Waals surface area contributed by atoms with Crippen molar-refractivity contribution < 1.29 is 28.9 Å². The van der Waals surface area contributed by atoms with Gasteiger partial charge in [-0.1, -0.05) is 13.2 Å². The first kappa shape index (κ1) is 19.3. The zero-order valence-corrected chi connectivity index (χ0v) is 11.9. The van der Waals surface area contributed by atoms with Crippen molar-refractivity contribution >= 4 is 11.8 Å². The highest BCUT2D eigenvalue weighted by atomic mass is 16.6. The standard InChI is InChI=1S/C13H22N2O6/c1-3-11(17)14-13(15-12(18)4-2)21-10-9-20-8-7-19-6-5-16/h3-4,13,16H,1-2,5-10H2,(H,14,17)(H,15,18). The maximum atomic E-state index is 11.2. The van der Waals surface area contributed by atoms with Crippen molar-refractivity contribution in [1.82, 2.24) is 10.6 Å². The average molecular weight is 302 g/mol. The van der Waals surface area contributed by atoms with Crippen LogP contribution in [0.2, 0.25) is 0 Å². The summed E-state index contributed by atoms with van der Waals surface area (Å²) in [5.41, 5.74) is 0. The summed E-state index contributed by atoms with van der Waals surface area (Å²) in [5, 5.41) is 13.3. The molecular formula is C13H22N2O6. The quantitative estimate of drug-likeness (QED) is 0.227. The van der Waals surface area contributed by atoms with Crippen molar-refractivity contribution in [3.8, 4) is 0 Å². The van der Waals surface area contributed by atoms with Gasteiger partial charge in [0.2, 0.25) is 18.2 Å². The summed E-state index contributed by atoms with van der Waals surface area (Å²) in [6, 6.07) is 0. The van der Waals surface area contributed by atoms with E-state index in [0.29, 0.717) is 13.2 Å². The topological polar surface area (TPSA) is 106 Å². The average Bonchev–Trinajstić information content (AvgIpc) is 2.49. The highest BCUT2D eigenvalue weighted by Crippen LogP contribution is 1.87. The van der Waals surface area contributed by atoms with E-state index in [-0.39, 0.29) is 26.4 Å². The van der Waals surface area contributed by atoms with E-state index in [4.69, 9.17) is 19.3 Å². The predicted octanol–water partition coefficient (Wildman–Crippen LogP) is -1.08. The molecule has 3 N–H and O–H groups in total. The molecule has 0 unspecified atom stereocenters. The fourth-order valence-electron chi connectivity index (χ4n) is 1.11. The largest absolute Gasteiger partial charge is 0.394 e. The minimum Gasteiger partial charge on any atom is -0.394 e. The first-order valence-corrected chi connectivity index (χ1v) is 6.37. The van der Waals surface area contributed by atoms with E-state index >= 15 is 0 Å². The lowest BCUT2D eigenvalue weighted by Gasteiger charge is -2.19. The Morgan fingerprint density at radius 2 is 1.43 bits per heavy atom. The molecule has 0 aliphatic rings. The van der Waals surface area contributed by atoms with Crippen molar-refractivity contribution in [2.24, 2.45) is 0 Å². The summed E-state index contributed by atoms with van der Waals surface area (Å²) in [7, 11) is 0. The van der Waals surface area contributed by atoms with E-state index in [9.17, 15) is 9.59 Å². The van der Waals surface area contributed by atoms with Gasteiger partial charge < -0.3 is 30.0 Å². The molecule has 0 saturated carbocycles. The number of nitrogens with one attached hydrogen (secondary N) is 2. The van der Waals surface area contributed by atoms with E-state index < -0.39 is 18.2 Å². The van der Waals surface area contributed by atoms with Crippen molar-refractivity contribution in [2.75, 3.05) is 39.6 Å². The van der Waals surface area contributed by atoms with E-state index in [1.807, 2.05) is 0 Å². The lowest BCUT2D eigenvalue weighted by molar-refractivity contribution is -0.128. The van der Waals surface area contributed by atoms with Crippen molar-refractivity contribution in [2.45, 2.75) is 6.35 Å². The lowest BCUT2D eigenvalue weighted by atomic mass is 10.5. The lowest BCUT2D eigenvalue weighted by Crippen LogP contribution is -2.49. The monoisotopic (exact) mass is 302 g/mol. The van der Waals surface area contributed by atoms with Crippen LogP contribution >= 0.6 is 0 Å². The molecule has 0 fully saturated rings. The molecule has 0 atom stereocenters. The van der Waals surface area contributed by atoms with E-state index in [2.05, 4.69) is 23.8 Å². The van der Waals surface area contributed by atoms with Crippen LogP contribution < -0.4 is 10.6 Å². The van der Waals surface area contributed by atoms with Crippen molar-refractivity contribution in [1.29, 1.82) is 0 Å². The number of carbonyl (C=O) groups excluding carboxylic acids is 2. The Hall–Kier alpha value is -1.74. The molecule has 0 aromatic heterocycles. The predicted molar refractivity (Wildman–Crippen MR) is 75.1 cm³/mol. The first-order chi connectivity index (χ1) is 10.1. The van der Waals surface area contributed by atoms with Crippen LogP contribution in [0.3, 0.4) is 0 Å². The Morgan fingerprint density at radius 3 is 1.90 bits per heavy atom. The molecule has 0 aliphatic carbocycles. The van der Waals surface area contributed by atoms with Gasteiger partial charge >= 0.3 is 0 Å². The Morgan fingerprint density at radius 1 is 0.952 bits per heavy atom. The second kappa shape index (κ2) is 13.3. The van der Waals surface area contributed by atoms with Crippen LogP contribution in [0.4, 0.5) is 0 Å². The summed E-state index contributed by atoms with van der Waals surface area (Å²) < 4.78 is 15.4. The van der Waals surface area contributed by atoms with Gasteiger partial charge in [0.05, 0.1) is 39.6 Å². The Bertz CT molecular complexity index is 313. The number of amides is 2. The number of carbonyl (C=O) groups is 2. The van der Waals surface area contributed by atoms with Crippen LogP contribution in [0, 0.1) is 0 Å². The molecule has 2 amide bonds. The van der Waals surface area contributed by atoms with Gasteiger partial charge in [-0.2, -0.15) is 0 Å². The van der Waals surface area contributed by atoms with Crippen LogP contribution in [0.15, 0.2) is 25.3 Å². The molecule has 8 heteroatoms. The van der Waals surface area contributed by atoms with E-state index in [1.165, 1.54) is 0 Å². The molecule has 0 rings (SSSR count). The minimum absolute atomic E-state index is 0.0310. The zero-order valence-electron chi connectivity index (χ0n) is 11.9. The fraction of sp³-hybridized carbons (Fsp3) is 0.538. The van der Waals surface area contributed by atoms with Crippen molar-refractivity contribution in [3.63, 3.8) is 0 Å². The second-order valence-electron chi connectivity index (χ2n) is 3.62. The van der Waals surface area contributed by atoms with Gasteiger partial charge in [-0.3, -0.25) is 9.59 Å². The number of hydrogen-bond acceptors (Lipinski definition) is 6. The molecule has 0 radical (unpaired) electrons. The number of rotatable bonds is 13. The molecule has 0 bridgehead atoms. The van der Waals surface area contributed by atoms with Gasteiger partial charge in [0.1, 0.15) is 0 Å². The SMILES string of the molecule is C=CC(=O)NC(NC(=O)C=C)OCCOCCOCCO. The summed E-state index contributed by atoms with van der Waals surface area (Å²) in [5.74, 6) is -0.967. The molecule has 8 nitrogen and oxygen atoms in total. The summed E-state index contributed by atoms with van der Waals surface area (Å²) >= 11 is 0. The molecule has 0 saturated heterocycles. The third-order valence-corrected chi connectivity index (χ3v) is 2.04.